The molecule has 34 heavy (non-hydrogen) atoms. The van der Waals surface area contributed by atoms with E-state index in [9.17, 15) is 9.59 Å². The minimum atomic E-state index is -0.237. The van der Waals surface area contributed by atoms with Crippen molar-refractivity contribution in [1.82, 2.24) is 25.5 Å². The van der Waals surface area contributed by atoms with Crippen LogP contribution >= 0.6 is 0 Å². The molecular formula is C24H31N7O3. The monoisotopic (exact) mass is 465 g/mol. The highest BCUT2D eigenvalue weighted by Crippen LogP contribution is 2.38. The topological polar surface area (TPSA) is 112 Å². The van der Waals surface area contributed by atoms with E-state index in [-0.39, 0.29) is 24.1 Å². The summed E-state index contributed by atoms with van der Waals surface area (Å²) >= 11 is 0. The summed E-state index contributed by atoms with van der Waals surface area (Å²) in [5, 5.41) is 8.49. The summed E-state index contributed by atoms with van der Waals surface area (Å²) in [5.74, 6) is 1.58. The van der Waals surface area contributed by atoms with Crippen LogP contribution in [-0.2, 0) is 11.2 Å². The zero-order chi connectivity index (χ0) is 23.7. The van der Waals surface area contributed by atoms with Crippen molar-refractivity contribution in [3.05, 3.63) is 35.5 Å². The van der Waals surface area contributed by atoms with Crippen molar-refractivity contribution in [2.45, 2.75) is 38.8 Å². The van der Waals surface area contributed by atoms with E-state index in [4.69, 9.17) is 14.7 Å². The van der Waals surface area contributed by atoms with E-state index in [1.807, 2.05) is 36.1 Å². The summed E-state index contributed by atoms with van der Waals surface area (Å²) < 4.78 is 5.67. The molecule has 10 heteroatoms. The van der Waals surface area contributed by atoms with Gasteiger partial charge in [-0.25, -0.2) is 19.6 Å². The van der Waals surface area contributed by atoms with Gasteiger partial charge in [0.1, 0.15) is 5.82 Å². The fourth-order valence-corrected chi connectivity index (χ4v) is 4.94. The zero-order valence-corrected chi connectivity index (χ0v) is 19.6. The van der Waals surface area contributed by atoms with Gasteiger partial charge in [0.2, 0.25) is 0 Å². The summed E-state index contributed by atoms with van der Waals surface area (Å²) in [6.07, 6.45) is 1.55. The number of nitrogens with zero attached hydrogens (tertiary/aromatic N) is 4. The molecule has 3 aliphatic rings. The lowest BCUT2D eigenvalue weighted by atomic mass is 9.93. The van der Waals surface area contributed by atoms with Crippen molar-refractivity contribution in [3.63, 3.8) is 0 Å². The number of rotatable bonds is 4. The normalized spacial score (nSPS) is 21.9. The number of fused-ring (bicyclic) bond motifs is 3. The minimum absolute atomic E-state index is 0.0239. The third-order valence-electron chi connectivity index (χ3n) is 6.64. The Morgan fingerprint density at radius 2 is 2.03 bits per heavy atom. The number of carbonyl (C=O) groups is 2. The van der Waals surface area contributed by atoms with Crippen LogP contribution in [0, 0.1) is 0 Å². The smallest absolute Gasteiger partial charge is 0.319 e. The van der Waals surface area contributed by atoms with Crippen molar-refractivity contribution >= 4 is 23.6 Å². The molecule has 0 radical (unpaired) electrons. The predicted octanol–water partition coefficient (Wildman–Crippen LogP) is 2.52. The standard InChI is InChI=1S/C24H31N7O3/c1-3-25-23(32)27-17-6-4-16(5-7-17)21-28-20-18(9-11-31-19(20)8-10-26-24(31)33)22(29-21)30-12-13-34-14-15(30)2/h4-7,15,19H,3,8-14H2,1-2H3,(H,26,33)(H2,25,27,32). The van der Waals surface area contributed by atoms with Crippen molar-refractivity contribution in [2.24, 2.45) is 0 Å². The Hall–Kier alpha value is -3.40. The van der Waals surface area contributed by atoms with Gasteiger partial charge in [0, 0.05) is 43.0 Å². The fourth-order valence-electron chi connectivity index (χ4n) is 4.94. The summed E-state index contributed by atoms with van der Waals surface area (Å²) in [4.78, 5) is 38.6. The molecule has 3 aliphatic heterocycles. The summed E-state index contributed by atoms with van der Waals surface area (Å²) in [5.41, 5.74) is 3.65. The molecule has 0 bridgehead atoms. The fraction of sp³-hybridized carbons (Fsp3) is 0.500. The quantitative estimate of drug-likeness (QED) is 0.640. The third kappa shape index (κ3) is 4.25. The molecule has 5 rings (SSSR count). The van der Waals surface area contributed by atoms with Crippen molar-refractivity contribution in [3.8, 4) is 11.4 Å². The van der Waals surface area contributed by atoms with Crippen LogP contribution in [0.1, 0.15) is 37.6 Å². The van der Waals surface area contributed by atoms with E-state index in [1.54, 1.807) is 0 Å². The van der Waals surface area contributed by atoms with E-state index >= 15 is 0 Å². The first-order chi connectivity index (χ1) is 16.5. The lowest BCUT2D eigenvalue weighted by Crippen LogP contribution is -2.52. The number of carbonyl (C=O) groups excluding carboxylic acids is 2. The molecule has 2 fully saturated rings. The number of urea groups is 2. The SMILES string of the molecule is CCNC(=O)Nc1ccc(-c2nc3c(c(N4CCOCC4C)n2)CCN2C(=O)NCCC32)cc1. The first-order valence-corrected chi connectivity index (χ1v) is 12.0. The highest BCUT2D eigenvalue weighted by atomic mass is 16.5. The molecule has 2 saturated heterocycles. The molecule has 2 aromatic rings. The molecule has 4 heterocycles. The molecule has 0 aliphatic carbocycles. The first kappa shape index (κ1) is 22.4. The number of hydrogen-bond acceptors (Lipinski definition) is 6. The Morgan fingerprint density at radius 3 is 2.79 bits per heavy atom. The number of amides is 4. The van der Waals surface area contributed by atoms with E-state index in [0.29, 0.717) is 44.4 Å². The molecule has 0 spiro atoms. The molecule has 2 atom stereocenters. The molecular weight excluding hydrogens is 434 g/mol. The Kier molecular flexibility index (Phi) is 6.23. The minimum Gasteiger partial charge on any atom is -0.377 e. The molecule has 0 saturated carbocycles. The van der Waals surface area contributed by atoms with Gasteiger partial charge in [0.15, 0.2) is 5.82 Å². The highest BCUT2D eigenvalue weighted by molar-refractivity contribution is 5.89. The van der Waals surface area contributed by atoms with Gasteiger partial charge < -0.3 is 30.5 Å². The molecule has 1 aromatic carbocycles. The second kappa shape index (κ2) is 9.46. The van der Waals surface area contributed by atoms with Gasteiger partial charge in [-0.3, -0.25) is 0 Å². The molecule has 2 unspecified atom stereocenters. The summed E-state index contributed by atoms with van der Waals surface area (Å²) in [6.45, 7) is 7.99. The average molecular weight is 466 g/mol. The number of anilines is 2. The zero-order valence-electron chi connectivity index (χ0n) is 19.6. The maximum absolute atomic E-state index is 12.5. The van der Waals surface area contributed by atoms with E-state index in [1.165, 1.54) is 0 Å². The number of ether oxygens (including phenoxy) is 1. The molecule has 4 amide bonds. The van der Waals surface area contributed by atoms with E-state index in [2.05, 4.69) is 27.8 Å². The average Bonchev–Trinajstić information content (AvgIpc) is 2.84. The van der Waals surface area contributed by atoms with Crippen molar-refractivity contribution in [1.29, 1.82) is 0 Å². The van der Waals surface area contributed by atoms with Gasteiger partial charge in [-0.1, -0.05) is 0 Å². The maximum Gasteiger partial charge on any atom is 0.319 e. The van der Waals surface area contributed by atoms with Crippen molar-refractivity contribution < 1.29 is 14.3 Å². The highest BCUT2D eigenvalue weighted by Gasteiger charge is 2.38. The van der Waals surface area contributed by atoms with Gasteiger partial charge >= 0.3 is 12.1 Å². The van der Waals surface area contributed by atoms with Crippen LogP contribution in [0.25, 0.3) is 11.4 Å². The summed E-state index contributed by atoms with van der Waals surface area (Å²) in [6, 6.07) is 7.44. The van der Waals surface area contributed by atoms with Gasteiger partial charge in [0.05, 0.1) is 31.0 Å². The maximum atomic E-state index is 12.5. The molecule has 10 nitrogen and oxygen atoms in total. The molecule has 3 N–H and O–H groups in total. The van der Waals surface area contributed by atoms with Gasteiger partial charge in [0.25, 0.3) is 0 Å². The number of benzene rings is 1. The first-order valence-electron chi connectivity index (χ1n) is 12.0. The van der Waals surface area contributed by atoms with Crippen LogP contribution in [0.2, 0.25) is 0 Å². The van der Waals surface area contributed by atoms with Crippen LogP contribution in [0.5, 0.6) is 0 Å². The Balaban J connectivity index is 1.54. The molecule has 180 valence electrons. The lowest BCUT2D eigenvalue weighted by molar-refractivity contribution is 0.0982. The Bertz CT molecular complexity index is 1070. The van der Waals surface area contributed by atoms with Crippen molar-refractivity contribution in [2.75, 3.05) is 49.6 Å². The molecule has 1 aromatic heterocycles. The van der Waals surface area contributed by atoms with Gasteiger partial charge in [-0.15, -0.1) is 0 Å². The van der Waals surface area contributed by atoms with Crippen LogP contribution in [0.3, 0.4) is 0 Å². The Labute approximate surface area is 199 Å². The predicted molar refractivity (Wildman–Crippen MR) is 129 cm³/mol. The summed E-state index contributed by atoms with van der Waals surface area (Å²) in [7, 11) is 0. The van der Waals surface area contributed by atoms with Crippen LogP contribution < -0.4 is 20.9 Å². The third-order valence-corrected chi connectivity index (χ3v) is 6.64. The van der Waals surface area contributed by atoms with Gasteiger partial charge in [-0.05, 0) is 51.0 Å². The number of aromatic nitrogens is 2. The number of hydrogen-bond donors (Lipinski definition) is 3. The van der Waals surface area contributed by atoms with Crippen LogP contribution in [0.15, 0.2) is 24.3 Å². The second-order valence-corrected chi connectivity index (χ2v) is 8.89. The van der Waals surface area contributed by atoms with E-state index < -0.39 is 0 Å². The van der Waals surface area contributed by atoms with Crippen LogP contribution in [0.4, 0.5) is 21.1 Å². The second-order valence-electron chi connectivity index (χ2n) is 8.89. The number of nitrogens with one attached hydrogen (secondary N) is 3. The number of morpholine rings is 1. The van der Waals surface area contributed by atoms with E-state index in [0.717, 1.165) is 42.0 Å². The van der Waals surface area contributed by atoms with Gasteiger partial charge in [-0.2, -0.15) is 0 Å². The van der Waals surface area contributed by atoms with Crippen LogP contribution in [-0.4, -0.2) is 72.4 Å². The Morgan fingerprint density at radius 1 is 1.21 bits per heavy atom. The lowest BCUT2D eigenvalue weighted by Gasteiger charge is -2.42. The largest absolute Gasteiger partial charge is 0.377 e.